The fourth-order valence-electron chi connectivity index (χ4n) is 2.40. The van der Waals surface area contributed by atoms with Gasteiger partial charge in [0.1, 0.15) is 12.3 Å². The van der Waals surface area contributed by atoms with Crippen LogP contribution >= 0.6 is 0 Å². The standard InChI is InChI=1S/C13H16F6N2O3/c1-6(2)9(20-11(24)13(17,18)19)10(23)21-4-7(12(14,15)16)3-8(21)5-22/h5-9H,3-4H2,1-2H3,(H,20,24)/t7-,8+,9+/m1/s1. The summed E-state index contributed by atoms with van der Waals surface area (Å²) in [6.07, 6.45) is -10.4. The molecule has 11 heteroatoms. The number of aldehydes is 1. The molecule has 0 spiro atoms. The van der Waals surface area contributed by atoms with Crippen molar-refractivity contribution in [2.75, 3.05) is 6.54 Å². The number of halogens is 6. The highest BCUT2D eigenvalue weighted by molar-refractivity contribution is 5.91. The second-order valence-corrected chi connectivity index (χ2v) is 5.86. The van der Waals surface area contributed by atoms with E-state index in [4.69, 9.17) is 0 Å². The van der Waals surface area contributed by atoms with Gasteiger partial charge in [-0.05, 0) is 12.3 Å². The Morgan fingerprint density at radius 2 is 1.71 bits per heavy atom. The molecule has 0 saturated carbocycles. The second kappa shape index (κ2) is 6.98. The summed E-state index contributed by atoms with van der Waals surface area (Å²) in [7, 11) is 0. The molecule has 0 aromatic heterocycles. The van der Waals surface area contributed by atoms with Gasteiger partial charge in [-0.25, -0.2) is 0 Å². The lowest BCUT2D eigenvalue weighted by Crippen LogP contribution is -2.55. The third-order valence-electron chi connectivity index (χ3n) is 3.72. The van der Waals surface area contributed by atoms with Crippen LogP contribution in [0.3, 0.4) is 0 Å². The first-order valence-corrected chi connectivity index (χ1v) is 6.99. The van der Waals surface area contributed by atoms with Crippen molar-refractivity contribution in [3.8, 4) is 0 Å². The smallest absolute Gasteiger partial charge is 0.336 e. The van der Waals surface area contributed by atoms with E-state index >= 15 is 0 Å². The molecule has 0 aromatic carbocycles. The molecule has 1 saturated heterocycles. The van der Waals surface area contributed by atoms with Gasteiger partial charge in [-0.1, -0.05) is 13.8 Å². The fourth-order valence-corrected chi connectivity index (χ4v) is 2.40. The third-order valence-corrected chi connectivity index (χ3v) is 3.72. The van der Waals surface area contributed by atoms with E-state index in [-0.39, 0.29) is 6.29 Å². The first-order valence-electron chi connectivity index (χ1n) is 6.99. The van der Waals surface area contributed by atoms with Gasteiger partial charge < -0.3 is 15.0 Å². The van der Waals surface area contributed by atoms with E-state index in [0.717, 1.165) is 0 Å². The highest BCUT2D eigenvalue weighted by Crippen LogP contribution is 2.36. The van der Waals surface area contributed by atoms with Gasteiger partial charge in [-0.2, -0.15) is 26.3 Å². The van der Waals surface area contributed by atoms with Crippen LogP contribution in [0.25, 0.3) is 0 Å². The number of hydrogen-bond donors (Lipinski definition) is 1. The van der Waals surface area contributed by atoms with Gasteiger partial charge >= 0.3 is 18.3 Å². The minimum Gasteiger partial charge on any atom is -0.336 e. The molecule has 0 radical (unpaired) electrons. The molecular weight excluding hydrogens is 346 g/mol. The molecule has 3 atom stereocenters. The number of carbonyl (C=O) groups is 3. The quantitative estimate of drug-likeness (QED) is 0.611. The lowest BCUT2D eigenvalue weighted by Gasteiger charge is -2.29. The number of alkyl halides is 6. The second-order valence-electron chi connectivity index (χ2n) is 5.86. The third kappa shape index (κ3) is 4.60. The van der Waals surface area contributed by atoms with E-state index in [9.17, 15) is 40.7 Å². The zero-order chi connectivity index (χ0) is 18.9. The lowest BCUT2D eigenvalue weighted by molar-refractivity contribution is -0.176. The minimum absolute atomic E-state index is 0.145. The van der Waals surface area contributed by atoms with Crippen LogP contribution in [0.4, 0.5) is 26.3 Å². The summed E-state index contributed by atoms with van der Waals surface area (Å²) in [6, 6.07) is -3.08. The molecule has 1 fully saturated rings. The van der Waals surface area contributed by atoms with Gasteiger partial charge in [-0.15, -0.1) is 0 Å². The predicted octanol–water partition coefficient (Wildman–Crippen LogP) is 1.67. The van der Waals surface area contributed by atoms with Crippen molar-refractivity contribution >= 4 is 18.1 Å². The molecule has 0 aromatic rings. The molecule has 138 valence electrons. The molecule has 0 bridgehead atoms. The summed E-state index contributed by atoms with van der Waals surface area (Å²) in [5.41, 5.74) is 0. The molecule has 24 heavy (non-hydrogen) atoms. The summed E-state index contributed by atoms with van der Waals surface area (Å²) in [5, 5.41) is 1.48. The van der Waals surface area contributed by atoms with Crippen LogP contribution in [0.1, 0.15) is 20.3 Å². The van der Waals surface area contributed by atoms with Gasteiger partial charge in [0, 0.05) is 6.54 Å². The summed E-state index contributed by atoms with van der Waals surface area (Å²) < 4.78 is 75.3. The number of rotatable bonds is 4. The number of nitrogens with zero attached hydrogens (tertiary/aromatic N) is 1. The molecule has 1 heterocycles. The number of likely N-dealkylation sites (tertiary alicyclic amines) is 1. The van der Waals surface area contributed by atoms with Gasteiger partial charge in [-0.3, -0.25) is 9.59 Å². The van der Waals surface area contributed by atoms with Crippen LogP contribution in [0.15, 0.2) is 0 Å². The average Bonchev–Trinajstić information content (AvgIpc) is 2.86. The Balaban J connectivity index is 2.98. The van der Waals surface area contributed by atoms with E-state index in [2.05, 4.69) is 0 Å². The van der Waals surface area contributed by atoms with Crippen LogP contribution in [0.2, 0.25) is 0 Å². The molecule has 1 N–H and O–H groups in total. The fraction of sp³-hybridized carbons (Fsp3) is 0.769. The van der Waals surface area contributed by atoms with Gasteiger partial charge in [0.25, 0.3) is 0 Å². The molecule has 1 aliphatic heterocycles. The highest BCUT2D eigenvalue weighted by atomic mass is 19.4. The van der Waals surface area contributed by atoms with E-state index in [1.54, 1.807) is 0 Å². The molecular formula is C13H16F6N2O3. The highest BCUT2D eigenvalue weighted by Gasteiger charge is 2.50. The van der Waals surface area contributed by atoms with Gasteiger partial charge in [0.15, 0.2) is 0 Å². The zero-order valence-electron chi connectivity index (χ0n) is 12.7. The van der Waals surface area contributed by atoms with E-state index < -0.39 is 61.1 Å². The van der Waals surface area contributed by atoms with E-state index in [1.807, 2.05) is 0 Å². The zero-order valence-corrected chi connectivity index (χ0v) is 12.7. The molecule has 5 nitrogen and oxygen atoms in total. The van der Waals surface area contributed by atoms with Crippen molar-refractivity contribution in [3.63, 3.8) is 0 Å². The Morgan fingerprint density at radius 3 is 2.08 bits per heavy atom. The Bertz CT molecular complexity index is 499. The van der Waals surface area contributed by atoms with Gasteiger partial charge in [0.05, 0.1) is 12.0 Å². The van der Waals surface area contributed by atoms with Crippen molar-refractivity contribution in [2.24, 2.45) is 11.8 Å². The van der Waals surface area contributed by atoms with Gasteiger partial charge in [0.2, 0.25) is 5.91 Å². The number of nitrogens with one attached hydrogen (secondary N) is 1. The maximum atomic E-state index is 12.8. The Kier molecular flexibility index (Phi) is 5.88. The van der Waals surface area contributed by atoms with Crippen LogP contribution in [-0.4, -0.2) is 54.0 Å². The van der Waals surface area contributed by atoms with Crippen molar-refractivity contribution in [3.05, 3.63) is 0 Å². The molecule has 2 amide bonds. The average molecular weight is 362 g/mol. The monoisotopic (exact) mass is 362 g/mol. The number of amides is 2. The molecule has 0 aliphatic carbocycles. The Labute approximate surface area is 133 Å². The molecule has 1 rings (SSSR count). The van der Waals surface area contributed by atoms with Crippen molar-refractivity contribution < 1.29 is 40.7 Å². The topological polar surface area (TPSA) is 66.5 Å². The van der Waals surface area contributed by atoms with Crippen molar-refractivity contribution in [2.45, 2.75) is 44.7 Å². The number of hydrogen-bond acceptors (Lipinski definition) is 3. The first kappa shape index (κ1) is 20.2. The van der Waals surface area contributed by atoms with Crippen LogP contribution < -0.4 is 5.32 Å². The summed E-state index contributed by atoms with van der Waals surface area (Å²) in [5.74, 6) is -6.28. The Hall–Kier alpha value is -1.81. The first-order chi connectivity index (χ1) is 10.8. The van der Waals surface area contributed by atoms with Crippen LogP contribution in [-0.2, 0) is 14.4 Å². The van der Waals surface area contributed by atoms with Crippen LogP contribution in [0, 0.1) is 11.8 Å². The molecule has 0 unspecified atom stereocenters. The maximum Gasteiger partial charge on any atom is 0.471 e. The van der Waals surface area contributed by atoms with Crippen LogP contribution in [0.5, 0.6) is 0 Å². The van der Waals surface area contributed by atoms with Crippen molar-refractivity contribution in [1.82, 2.24) is 10.2 Å². The molecule has 1 aliphatic rings. The summed E-state index contributed by atoms with van der Waals surface area (Å²) in [4.78, 5) is 34.8. The summed E-state index contributed by atoms with van der Waals surface area (Å²) >= 11 is 0. The van der Waals surface area contributed by atoms with E-state index in [0.29, 0.717) is 4.90 Å². The lowest BCUT2D eigenvalue weighted by atomic mass is 10.0. The number of carbonyl (C=O) groups excluding carboxylic acids is 3. The Morgan fingerprint density at radius 1 is 1.17 bits per heavy atom. The largest absolute Gasteiger partial charge is 0.471 e. The predicted molar refractivity (Wildman–Crippen MR) is 68.6 cm³/mol. The minimum atomic E-state index is -5.24. The normalized spacial score (nSPS) is 23.3. The SMILES string of the molecule is CC(C)[C@H](NC(=O)C(F)(F)F)C(=O)N1C[C@H](C(F)(F)F)C[C@H]1C=O. The maximum absolute atomic E-state index is 12.8. The summed E-state index contributed by atoms with van der Waals surface area (Å²) in [6.45, 7) is 1.82. The van der Waals surface area contributed by atoms with Crippen molar-refractivity contribution in [1.29, 1.82) is 0 Å². The van der Waals surface area contributed by atoms with E-state index in [1.165, 1.54) is 19.2 Å².